The maximum atomic E-state index is 12.8. The quantitative estimate of drug-likeness (QED) is 0.0262. The van der Waals surface area contributed by atoms with E-state index in [9.17, 15) is 14.4 Å². The molecule has 0 aromatic rings. The molecule has 6 nitrogen and oxygen atoms in total. The highest BCUT2D eigenvalue weighted by Crippen LogP contribution is 2.17. The predicted molar refractivity (Wildman–Crippen MR) is 293 cm³/mol. The van der Waals surface area contributed by atoms with E-state index >= 15 is 0 Å². The van der Waals surface area contributed by atoms with Crippen molar-refractivity contribution in [2.24, 2.45) is 0 Å². The average Bonchev–Trinajstić information content (AvgIpc) is 3.34. The molecule has 0 rings (SSSR count). The molecule has 0 N–H and O–H groups in total. The molecule has 0 fully saturated rings. The minimum absolute atomic E-state index is 0.0733. The fraction of sp³-hybridized carbons (Fsp3) is 0.855. The van der Waals surface area contributed by atoms with E-state index in [2.05, 4.69) is 57.2 Å². The Balaban J connectivity index is 4.26. The first-order chi connectivity index (χ1) is 33.5. The summed E-state index contributed by atoms with van der Waals surface area (Å²) in [6.07, 6.45) is 68.6. The Hall–Kier alpha value is -2.37. The molecule has 0 saturated carbocycles. The molecule has 0 aromatic carbocycles. The fourth-order valence-electron chi connectivity index (χ4n) is 8.83. The number of unbranched alkanes of at least 4 members (excludes halogenated alkanes) is 38. The highest BCUT2D eigenvalue weighted by molar-refractivity contribution is 5.71. The van der Waals surface area contributed by atoms with Crippen molar-refractivity contribution in [1.29, 1.82) is 0 Å². The zero-order valence-corrected chi connectivity index (χ0v) is 45.6. The standard InChI is InChI=1S/C62H114O6/c1-4-7-10-13-16-19-22-25-27-28-29-30-31-32-33-34-35-38-40-43-46-49-52-55-61(64)67-58-59(57-66-60(63)54-51-48-45-42-39-36-24-21-18-15-12-9-6-3)68-62(65)56-53-50-47-44-41-37-26-23-20-17-14-11-8-5-2/h12,15,21,24,28-29,59H,4-11,13-14,16-20,22-23,25-27,30-58H2,1-3H3/b15-12-,24-21-,29-28-. The normalized spacial score (nSPS) is 12.2. The minimum Gasteiger partial charge on any atom is -0.462 e. The molecule has 1 unspecified atom stereocenters. The Kier molecular flexibility index (Phi) is 55.2. The SMILES string of the molecule is CCC/C=C\C/C=C\CCCCCCCC(=O)OCC(COC(=O)CCCCCCCCCCCCC/C=C\CCCCCCCCCC)OC(=O)CCCCCCCCCCCCCCCC. The first kappa shape index (κ1) is 65.6. The van der Waals surface area contributed by atoms with Gasteiger partial charge in [0.25, 0.3) is 0 Å². The van der Waals surface area contributed by atoms with Crippen molar-refractivity contribution in [3.63, 3.8) is 0 Å². The molecular formula is C62H114O6. The molecule has 0 bridgehead atoms. The monoisotopic (exact) mass is 955 g/mol. The van der Waals surface area contributed by atoms with Gasteiger partial charge in [-0.3, -0.25) is 14.4 Å². The van der Waals surface area contributed by atoms with Gasteiger partial charge in [0.1, 0.15) is 13.2 Å². The number of esters is 3. The Labute approximate surface area is 423 Å². The molecule has 0 aliphatic rings. The lowest BCUT2D eigenvalue weighted by Gasteiger charge is -2.18. The van der Waals surface area contributed by atoms with Crippen LogP contribution in [0.4, 0.5) is 0 Å². The van der Waals surface area contributed by atoms with E-state index in [1.807, 2.05) is 0 Å². The van der Waals surface area contributed by atoms with Gasteiger partial charge in [0.2, 0.25) is 0 Å². The van der Waals surface area contributed by atoms with Gasteiger partial charge in [0.15, 0.2) is 6.10 Å². The second-order valence-electron chi connectivity index (χ2n) is 20.3. The average molecular weight is 956 g/mol. The van der Waals surface area contributed by atoms with E-state index in [-0.39, 0.29) is 31.1 Å². The van der Waals surface area contributed by atoms with Crippen LogP contribution in [0.15, 0.2) is 36.5 Å². The number of ether oxygens (including phenoxy) is 3. The van der Waals surface area contributed by atoms with Crippen molar-refractivity contribution >= 4 is 17.9 Å². The number of allylic oxidation sites excluding steroid dienone is 6. The summed E-state index contributed by atoms with van der Waals surface area (Å²) in [5.74, 6) is -0.871. The van der Waals surface area contributed by atoms with Gasteiger partial charge < -0.3 is 14.2 Å². The smallest absolute Gasteiger partial charge is 0.306 e. The van der Waals surface area contributed by atoms with Crippen LogP contribution in [-0.2, 0) is 28.6 Å². The molecule has 68 heavy (non-hydrogen) atoms. The number of hydrogen-bond acceptors (Lipinski definition) is 6. The Morgan fingerprint density at radius 1 is 0.294 bits per heavy atom. The molecular weight excluding hydrogens is 841 g/mol. The fourth-order valence-corrected chi connectivity index (χ4v) is 8.83. The summed E-state index contributed by atoms with van der Waals surface area (Å²) in [7, 11) is 0. The summed E-state index contributed by atoms with van der Waals surface area (Å²) in [6, 6.07) is 0. The van der Waals surface area contributed by atoms with Crippen molar-refractivity contribution in [1.82, 2.24) is 0 Å². The van der Waals surface area contributed by atoms with Gasteiger partial charge in [-0.2, -0.15) is 0 Å². The van der Waals surface area contributed by atoms with E-state index < -0.39 is 6.10 Å². The van der Waals surface area contributed by atoms with Crippen molar-refractivity contribution in [2.45, 2.75) is 329 Å². The Morgan fingerprint density at radius 3 is 0.882 bits per heavy atom. The Bertz CT molecular complexity index is 1140. The van der Waals surface area contributed by atoms with Gasteiger partial charge in [-0.15, -0.1) is 0 Å². The van der Waals surface area contributed by atoms with E-state index in [0.29, 0.717) is 19.3 Å². The van der Waals surface area contributed by atoms with Crippen LogP contribution in [0.2, 0.25) is 0 Å². The molecule has 0 aliphatic carbocycles. The second kappa shape index (κ2) is 57.2. The number of carbonyl (C=O) groups is 3. The maximum absolute atomic E-state index is 12.8. The van der Waals surface area contributed by atoms with Crippen LogP contribution in [0.5, 0.6) is 0 Å². The van der Waals surface area contributed by atoms with Gasteiger partial charge in [0.05, 0.1) is 0 Å². The highest BCUT2D eigenvalue weighted by Gasteiger charge is 2.19. The van der Waals surface area contributed by atoms with Crippen LogP contribution in [0, 0.1) is 0 Å². The molecule has 1 atom stereocenters. The molecule has 0 aromatic heterocycles. The largest absolute Gasteiger partial charge is 0.462 e. The Morgan fingerprint density at radius 2 is 0.559 bits per heavy atom. The van der Waals surface area contributed by atoms with Crippen LogP contribution in [0.1, 0.15) is 323 Å². The molecule has 0 spiro atoms. The lowest BCUT2D eigenvalue weighted by Crippen LogP contribution is -2.30. The third kappa shape index (κ3) is 54.6. The topological polar surface area (TPSA) is 78.9 Å². The van der Waals surface area contributed by atoms with Crippen LogP contribution in [0.3, 0.4) is 0 Å². The summed E-state index contributed by atoms with van der Waals surface area (Å²) in [4.78, 5) is 38.1. The third-order valence-electron chi connectivity index (χ3n) is 13.3. The molecule has 0 heterocycles. The van der Waals surface area contributed by atoms with Crippen molar-refractivity contribution in [3.05, 3.63) is 36.5 Å². The lowest BCUT2D eigenvalue weighted by molar-refractivity contribution is -0.167. The third-order valence-corrected chi connectivity index (χ3v) is 13.3. The van der Waals surface area contributed by atoms with E-state index in [1.54, 1.807) is 0 Å². The van der Waals surface area contributed by atoms with Gasteiger partial charge in [-0.1, -0.05) is 269 Å². The highest BCUT2D eigenvalue weighted by atomic mass is 16.6. The second-order valence-corrected chi connectivity index (χ2v) is 20.3. The van der Waals surface area contributed by atoms with E-state index in [0.717, 1.165) is 83.5 Å². The van der Waals surface area contributed by atoms with Gasteiger partial charge in [-0.25, -0.2) is 0 Å². The summed E-state index contributed by atoms with van der Waals surface area (Å²) in [5.41, 5.74) is 0. The predicted octanol–water partition coefficient (Wildman–Crippen LogP) is 20.0. The van der Waals surface area contributed by atoms with Crippen LogP contribution in [0.25, 0.3) is 0 Å². The van der Waals surface area contributed by atoms with Crippen LogP contribution >= 0.6 is 0 Å². The van der Waals surface area contributed by atoms with Crippen LogP contribution < -0.4 is 0 Å². The van der Waals surface area contributed by atoms with Crippen molar-refractivity contribution in [2.75, 3.05) is 13.2 Å². The summed E-state index contributed by atoms with van der Waals surface area (Å²) >= 11 is 0. The van der Waals surface area contributed by atoms with Crippen LogP contribution in [-0.4, -0.2) is 37.2 Å². The number of carbonyl (C=O) groups excluding carboxylic acids is 3. The number of rotatable bonds is 55. The molecule has 0 radical (unpaired) electrons. The molecule has 398 valence electrons. The van der Waals surface area contributed by atoms with E-state index in [4.69, 9.17) is 14.2 Å². The van der Waals surface area contributed by atoms with Gasteiger partial charge >= 0.3 is 17.9 Å². The molecule has 6 heteroatoms. The molecule has 0 saturated heterocycles. The first-order valence-corrected chi connectivity index (χ1v) is 30.0. The molecule has 0 aliphatic heterocycles. The number of hydrogen-bond donors (Lipinski definition) is 0. The van der Waals surface area contributed by atoms with Gasteiger partial charge in [0, 0.05) is 19.3 Å². The maximum Gasteiger partial charge on any atom is 0.306 e. The zero-order chi connectivity index (χ0) is 49.3. The summed E-state index contributed by atoms with van der Waals surface area (Å²) in [5, 5.41) is 0. The summed E-state index contributed by atoms with van der Waals surface area (Å²) in [6.45, 7) is 6.61. The zero-order valence-electron chi connectivity index (χ0n) is 45.6. The van der Waals surface area contributed by atoms with Crippen molar-refractivity contribution < 1.29 is 28.6 Å². The first-order valence-electron chi connectivity index (χ1n) is 30.0. The van der Waals surface area contributed by atoms with Crippen molar-refractivity contribution in [3.8, 4) is 0 Å². The minimum atomic E-state index is -0.775. The van der Waals surface area contributed by atoms with Gasteiger partial charge in [-0.05, 0) is 70.6 Å². The summed E-state index contributed by atoms with van der Waals surface area (Å²) < 4.78 is 16.9. The van der Waals surface area contributed by atoms with E-state index in [1.165, 1.54) is 199 Å². The molecule has 0 amide bonds. The lowest BCUT2D eigenvalue weighted by atomic mass is 10.0.